The Kier molecular flexibility index (Phi) is 5.39. The van der Waals surface area contributed by atoms with Gasteiger partial charge in [-0.25, -0.2) is 0 Å². The zero-order valence-corrected chi connectivity index (χ0v) is 17.0. The maximum Gasteiger partial charge on any atom is 0.322 e. The Balaban J connectivity index is 1.49. The molecule has 2 N–H and O–H groups in total. The van der Waals surface area contributed by atoms with Crippen molar-refractivity contribution in [3.63, 3.8) is 0 Å². The predicted octanol–water partition coefficient (Wildman–Crippen LogP) is 3.18. The minimum Gasteiger partial charge on any atom is -0.480 e. The number of H-pyrrole nitrogens is 1. The van der Waals surface area contributed by atoms with Gasteiger partial charge in [0, 0.05) is 41.8 Å². The van der Waals surface area contributed by atoms with Crippen LogP contribution in [0.5, 0.6) is 0 Å². The van der Waals surface area contributed by atoms with Crippen molar-refractivity contribution in [3.05, 3.63) is 35.0 Å². The molecule has 2 aliphatic rings. The molecule has 28 heavy (non-hydrogen) atoms. The summed E-state index contributed by atoms with van der Waals surface area (Å²) in [6.07, 6.45) is 5.23. The highest BCUT2D eigenvalue weighted by atomic mass is 35.5. The van der Waals surface area contributed by atoms with Crippen molar-refractivity contribution in [1.29, 1.82) is 0 Å². The Morgan fingerprint density at radius 3 is 2.61 bits per heavy atom. The molecule has 3 heterocycles. The highest BCUT2D eigenvalue weighted by Gasteiger charge is 2.41. The minimum absolute atomic E-state index is 0.262. The van der Waals surface area contributed by atoms with Crippen LogP contribution in [-0.4, -0.2) is 58.8 Å². The Labute approximate surface area is 169 Å². The van der Waals surface area contributed by atoms with E-state index < -0.39 is 22.2 Å². The second-order valence-electron chi connectivity index (χ2n) is 7.58. The van der Waals surface area contributed by atoms with E-state index in [1.165, 1.54) is 14.2 Å². The van der Waals surface area contributed by atoms with Crippen molar-refractivity contribution >= 4 is 38.7 Å². The first kappa shape index (κ1) is 19.7. The SMILES string of the molecule is O=C(O)C1CCCCN1S(=O)(=O)N1CCC(c2c[nH]c3cc(Cl)ccc23)CC1. The lowest BCUT2D eigenvalue weighted by Gasteiger charge is -2.38. The van der Waals surface area contributed by atoms with Crippen LogP contribution in [0.3, 0.4) is 0 Å². The number of rotatable bonds is 4. The van der Waals surface area contributed by atoms with Crippen molar-refractivity contribution in [3.8, 4) is 0 Å². The number of hydrogen-bond donors (Lipinski definition) is 2. The fourth-order valence-corrected chi connectivity index (χ4v) is 6.45. The van der Waals surface area contributed by atoms with E-state index in [0.717, 1.165) is 17.3 Å². The lowest BCUT2D eigenvalue weighted by Crippen LogP contribution is -2.54. The number of carboxylic acids is 1. The number of aliphatic carboxylic acids is 1. The average Bonchev–Trinajstić information content (AvgIpc) is 3.11. The van der Waals surface area contributed by atoms with Crippen LogP contribution in [0.1, 0.15) is 43.6 Å². The molecule has 9 heteroatoms. The van der Waals surface area contributed by atoms with Gasteiger partial charge >= 0.3 is 5.97 Å². The summed E-state index contributed by atoms with van der Waals surface area (Å²) >= 11 is 6.05. The number of hydrogen-bond acceptors (Lipinski definition) is 3. The molecule has 1 atom stereocenters. The summed E-state index contributed by atoms with van der Waals surface area (Å²) in [5.41, 5.74) is 2.17. The average molecular weight is 426 g/mol. The highest BCUT2D eigenvalue weighted by molar-refractivity contribution is 7.86. The van der Waals surface area contributed by atoms with Gasteiger partial charge in [0.2, 0.25) is 0 Å². The van der Waals surface area contributed by atoms with Gasteiger partial charge in [-0.05, 0) is 55.7 Å². The number of carbonyl (C=O) groups is 1. The van der Waals surface area contributed by atoms with Crippen LogP contribution in [0.2, 0.25) is 5.02 Å². The number of nitrogens with one attached hydrogen (secondary N) is 1. The molecular weight excluding hydrogens is 402 g/mol. The summed E-state index contributed by atoms with van der Waals surface area (Å²) in [6, 6.07) is 4.80. The molecule has 2 saturated heterocycles. The molecule has 0 saturated carbocycles. The van der Waals surface area contributed by atoms with Crippen molar-refractivity contribution < 1.29 is 18.3 Å². The van der Waals surface area contributed by atoms with Crippen LogP contribution in [0, 0.1) is 0 Å². The third kappa shape index (κ3) is 3.54. The van der Waals surface area contributed by atoms with Crippen LogP contribution in [0.4, 0.5) is 0 Å². The monoisotopic (exact) mass is 425 g/mol. The quantitative estimate of drug-likeness (QED) is 0.786. The first-order valence-electron chi connectivity index (χ1n) is 9.64. The molecular formula is C19H24ClN3O4S. The molecule has 0 amide bonds. The van der Waals surface area contributed by atoms with E-state index in [1.807, 2.05) is 24.4 Å². The van der Waals surface area contributed by atoms with Crippen molar-refractivity contribution in [1.82, 2.24) is 13.6 Å². The van der Waals surface area contributed by atoms with E-state index in [1.54, 1.807) is 0 Å². The largest absolute Gasteiger partial charge is 0.480 e. The molecule has 7 nitrogen and oxygen atoms in total. The van der Waals surface area contributed by atoms with E-state index >= 15 is 0 Å². The number of aromatic nitrogens is 1. The number of halogens is 1. The lowest BCUT2D eigenvalue weighted by molar-refractivity contribution is -0.142. The van der Waals surface area contributed by atoms with Gasteiger partial charge in [0.15, 0.2) is 0 Å². The van der Waals surface area contributed by atoms with E-state index in [4.69, 9.17) is 11.6 Å². The molecule has 2 fully saturated rings. The number of fused-ring (bicyclic) bond motifs is 1. The van der Waals surface area contributed by atoms with Gasteiger partial charge in [-0.2, -0.15) is 17.0 Å². The van der Waals surface area contributed by atoms with Gasteiger partial charge in [-0.3, -0.25) is 4.79 Å². The van der Waals surface area contributed by atoms with Gasteiger partial charge in [0.25, 0.3) is 10.2 Å². The molecule has 152 valence electrons. The van der Waals surface area contributed by atoms with Crippen LogP contribution in [0.15, 0.2) is 24.4 Å². The summed E-state index contributed by atoms with van der Waals surface area (Å²) in [6.45, 7) is 1.08. The second-order valence-corrected chi connectivity index (χ2v) is 9.89. The van der Waals surface area contributed by atoms with E-state index in [0.29, 0.717) is 43.8 Å². The van der Waals surface area contributed by atoms with Crippen LogP contribution < -0.4 is 0 Å². The number of nitrogens with zero attached hydrogens (tertiary/aromatic N) is 2. The van der Waals surface area contributed by atoms with E-state index in [2.05, 4.69) is 4.98 Å². The number of aromatic amines is 1. The van der Waals surface area contributed by atoms with Crippen LogP contribution in [-0.2, 0) is 15.0 Å². The van der Waals surface area contributed by atoms with Crippen molar-refractivity contribution in [2.45, 2.75) is 44.1 Å². The Morgan fingerprint density at radius 2 is 1.89 bits per heavy atom. The molecule has 0 radical (unpaired) electrons. The topological polar surface area (TPSA) is 93.7 Å². The third-order valence-corrected chi connectivity index (χ3v) is 8.21. The molecule has 0 aliphatic carbocycles. The summed E-state index contributed by atoms with van der Waals surface area (Å²) in [4.78, 5) is 14.8. The summed E-state index contributed by atoms with van der Waals surface area (Å²) in [5, 5.41) is 11.2. The Hall–Kier alpha value is -1.61. The molecule has 1 aromatic carbocycles. The fraction of sp³-hybridized carbons (Fsp3) is 0.526. The van der Waals surface area contributed by atoms with Gasteiger partial charge in [0.05, 0.1) is 0 Å². The third-order valence-electron chi connectivity index (χ3n) is 5.93. The molecule has 0 spiro atoms. The Morgan fingerprint density at radius 1 is 1.14 bits per heavy atom. The van der Waals surface area contributed by atoms with Gasteiger partial charge < -0.3 is 10.1 Å². The predicted molar refractivity (Wildman–Crippen MR) is 108 cm³/mol. The standard InChI is InChI=1S/C19H24ClN3O4S/c20-14-4-5-15-16(12-21-17(15)11-14)13-6-9-22(10-7-13)28(26,27)23-8-2-1-3-18(23)19(24)25/h4-5,11-13,18,21H,1-3,6-10H2,(H,24,25). The molecule has 1 unspecified atom stereocenters. The summed E-state index contributed by atoms with van der Waals surface area (Å²) in [5.74, 6) is -0.798. The normalized spacial score (nSPS) is 23.2. The van der Waals surface area contributed by atoms with Crippen molar-refractivity contribution in [2.75, 3.05) is 19.6 Å². The smallest absolute Gasteiger partial charge is 0.322 e. The number of carboxylic acid groups (broad SMARTS) is 1. The molecule has 2 aliphatic heterocycles. The molecule has 0 bridgehead atoms. The van der Waals surface area contributed by atoms with Gasteiger partial charge in [-0.15, -0.1) is 0 Å². The van der Waals surface area contributed by atoms with E-state index in [9.17, 15) is 18.3 Å². The summed E-state index contributed by atoms with van der Waals surface area (Å²) < 4.78 is 28.8. The summed E-state index contributed by atoms with van der Waals surface area (Å²) in [7, 11) is -3.76. The maximum atomic E-state index is 13.1. The minimum atomic E-state index is -3.76. The maximum absolute atomic E-state index is 13.1. The zero-order chi connectivity index (χ0) is 19.9. The first-order chi connectivity index (χ1) is 13.4. The van der Waals surface area contributed by atoms with Crippen molar-refractivity contribution in [2.24, 2.45) is 0 Å². The van der Waals surface area contributed by atoms with Crippen LogP contribution in [0.25, 0.3) is 10.9 Å². The second kappa shape index (κ2) is 7.67. The van der Waals surface area contributed by atoms with Gasteiger partial charge in [-0.1, -0.05) is 17.7 Å². The first-order valence-corrected chi connectivity index (χ1v) is 11.4. The number of benzene rings is 1. The van der Waals surface area contributed by atoms with Crippen LogP contribution >= 0.6 is 11.6 Å². The number of piperidine rings is 2. The zero-order valence-electron chi connectivity index (χ0n) is 15.5. The van der Waals surface area contributed by atoms with Gasteiger partial charge in [0.1, 0.15) is 6.04 Å². The highest BCUT2D eigenvalue weighted by Crippen LogP contribution is 2.35. The fourth-order valence-electron chi connectivity index (χ4n) is 4.43. The molecule has 2 aromatic rings. The lowest BCUT2D eigenvalue weighted by atomic mass is 9.90. The Bertz CT molecular complexity index is 982. The van der Waals surface area contributed by atoms with E-state index in [-0.39, 0.29) is 12.5 Å². The molecule has 4 rings (SSSR count). The molecule has 1 aromatic heterocycles.